The molecule has 0 aromatic heterocycles. The van der Waals surface area contributed by atoms with Gasteiger partial charge in [-0.2, -0.15) is 0 Å². The van der Waals surface area contributed by atoms with Gasteiger partial charge in [-0.25, -0.2) is 0 Å². The fourth-order valence-electron chi connectivity index (χ4n) is 2.96. The molecule has 2 heteroatoms. The van der Waals surface area contributed by atoms with Crippen LogP contribution in [-0.2, 0) is 0 Å². The van der Waals surface area contributed by atoms with Gasteiger partial charge in [0.2, 0.25) is 0 Å². The van der Waals surface area contributed by atoms with Crippen LogP contribution in [0.4, 0.5) is 0 Å². The molecule has 1 aliphatic carbocycles. The summed E-state index contributed by atoms with van der Waals surface area (Å²) in [5.41, 5.74) is 0. The molecule has 1 aliphatic heterocycles. The summed E-state index contributed by atoms with van der Waals surface area (Å²) >= 11 is 0. The number of likely N-dealkylation sites (N-methyl/N-ethyl adjacent to an activating group) is 1. The van der Waals surface area contributed by atoms with Crippen LogP contribution < -0.4 is 5.32 Å². The predicted molar refractivity (Wildman–Crippen MR) is 55.9 cm³/mol. The van der Waals surface area contributed by atoms with Gasteiger partial charge < -0.3 is 5.32 Å². The van der Waals surface area contributed by atoms with E-state index in [1.165, 1.54) is 51.6 Å². The molecule has 0 amide bonds. The first-order valence-electron chi connectivity index (χ1n) is 5.83. The highest BCUT2D eigenvalue weighted by Gasteiger charge is 2.31. The molecule has 2 fully saturated rings. The molecule has 0 bridgehead atoms. The Kier molecular flexibility index (Phi) is 3.23. The maximum Gasteiger partial charge on any atom is 0.0249 e. The highest BCUT2D eigenvalue weighted by Crippen LogP contribution is 2.26. The molecule has 76 valence electrons. The van der Waals surface area contributed by atoms with E-state index in [0.717, 1.165) is 12.1 Å². The second kappa shape index (κ2) is 4.43. The molecule has 0 aromatic carbocycles. The summed E-state index contributed by atoms with van der Waals surface area (Å²) in [6.07, 6.45) is 8.53. The van der Waals surface area contributed by atoms with Gasteiger partial charge in [-0.15, -0.1) is 0 Å². The molecule has 1 N–H and O–H groups in total. The van der Waals surface area contributed by atoms with E-state index >= 15 is 0 Å². The van der Waals surface area contributed by atoms with Crippen molar-refractivity contribution in [2.75, 3.05) is 20.1 Å². The van der Waals surface area contributed by atoms with E-state index in [1.54, 1.807) is 0 Å². The molecule has 1 heterocycles. The van der Waals surface area contributed by atoms with E-state index in [-0.39, 0.29) is 0 Å². The van der Waals surface area contributed by atoms with Crippen molar-refractivity contribution < 1.29 is 0 Å². The van der Waals surface area contributed by atoms with Gasteiger partial charge in [0.15, 0.2) is 0 Å². The highest BCUT2D eigenvalue weighted by atomic mass is 15.2. The number of rotatable bonds is 2. The van der Waals surface area contributed by atoms with Crippen LogP contribution in [0.3, 0.4) is 0 Å². The lowest BCUT2D eigenvalue weighted by Gasteiger charge is -2.35. The molecular weight excluding hydrogens is 160 g/mol. The SMILES string of the molecule is CN[C@@H]1CCC[C@H]1N1CCCCC1. The molecular formula is C11H22N2. The lowest BCUT2D eigenvalue weighted by molar-refractivity contribution is 0.146. The minimum absolute atomic E-state index is 0.776. The fourth-order valence-corrected chi connectivity index (χ4v) is 2.96. The van der Waals surface area contributed by atoms with E-state index in [1.807, 2.05) is 0 Å². The zero-order valence-corrected chi connectivity index (χ0v) is 8.76. The van der Waals surface area contributed by atoms with E-state index in [9.17, 15) is 0 Å². The molecule has 0 spiro atoms. The number of hydrogen-bond acceptors (Lipinski definition) is 2. The average Bonchev–Trinajstić information content (AvgIpc) is 2.67. The highest BCUT2D eigenvalue weighted by molar-refractivity contribution is 4.90. The topological polar surface area (TPSA) is 15.3 Å². The zero-order valence-electron chi connectivity index (χ0n) is 8.76. The molecule has 0 radical (unpaired) electrons. The summed E-state index contributed by atoms with van der Waals surface area (Å²) < 4.78 is 0. The van der Waals surface area contributed by atoms with Crippen molar-refractivity contribution in [3.63, 3.8) is 0 Å². The third kappa shape index (κ3) is 2.05. The number of piperidine rings is 1. The summed E-state index contributed by atoms with van der Waals surface area (Å²) in [6, 6.07) is 1.63. The second-order valence-electron chi connectivity index (χ2n) is 4.49. The molecule has 2 nitrogen and oxygen atoms in total. The fraction of sp³-hybridized carbons (Fsp3) is 1.00. The van der Waals surface area contributed by atoms with Crippen LogP contribution in [0.5, 0.6) is 0 Å². The lowest BCUT2D eigenvalue weighted by Crippen LogP contribution is -2.47. The first kappa shape index (κ1) is 9.47. The van der Waals surface area contributed by atoms with Crippen LogP contribution >= 0.6 is 0 Å². The first-order valence-corrected chi connectivity index (χ1v) is 5.83. The van der Waals surface area contributed by atoms with Crippen molar-refractivity contribution in [3.8, 4) is 0 Å². The molecule has 0 unspecified atom stereocenters. The van der Waals surface area contributed by atoms with Crippen molar-refractivity contribution in [3.05, 3.63) is 0 Å². The Morgan fingerprint density at radius 3 is 2.46 bits per heavy atom. The number of nitrogens with one attached hydrogen (secondary N) is 1. The van der Waals surface area contributed by atoms with Gasteiger partial charge in [-0.3, -0.25) is 4.90 Å². The van der Waals surface area contributed by atoms with Crippen LogP contribution in [0.15, 0.2) is 0 Å². The largest absolute Gasteiger partial charge is 0.315 e. The zero-order chi connectivity index (χ0) is 9.10. The number of nitrogens with zero attached hydrogens (tertiary/aromatic N) is 1. The van der Waals surface area contributed by atoms with Crippen LogP contribution in [0, 0.1) is 0 Å². The Morgan fingerprint density at radius 2 is 1.77 bits per heavy atom. The van der Waals surface area contributed by atoms with Crippen LogP contribution in [0.1, 0.15) is 38.5 Å². The Morgan fingerprint density at radius 1 is 1.00 bits per heavy atom. The molecule has 1 saturated carbocycles. The number of likely N-dealkylation sites (tertiary alicyclic amines) is 1. The summed E-state index contributed by atoms with van der Waals surface area (Å²) in [7, 11) is 2.12. The van der Waals surface area contributed by atoms with E-state index in [4.69, 9.17) is 0 Å². The normalized spacial score (nSPS) is 36.7. The quantitative estimate of drug-likeness (QED) is 0.698. The van der Waals surface area contributed by atoms with Crippen LogP contribution in [0.2, 0.25) is 0 Å². The monoisotopic (exact) mass is 182 g/mol. The van der Waals surface area contributed by atoms with Crippen molar-refractivity contribution >= 4 is 0 Å². The molecule has 2 rings (SSSR count). The Hall–Kier alpha value is -0.0800. The summed E-state index contributed by atoms with van der Waals surface area (Å²) in [5, 5.41) is 3.47. The number of hydrogen-bond donors (Lipinski definition) is 1. The van der Waals surface area contributed by atoms with E-state index in [2.05, 4.69) is 17.3 Å². The van der Waals surface area contributed by atoms with Crippen molar-refractivity contribution in [1.82, 2.24) is 10.2 Å². The summed E-state index contributed by atoms with van der Waals surface area (Å²) in [5.74, 6) is 0. The van der Waals surface area contributed by atoms with Gasteiger partial charge in [0.1, 0.15) is 0 Å². The van der Waals surface area contributed by atoms with Crippen molar-refractivity contribution in [2.24, 2.45) is 0 Å². The van der Waals surface area contributed by atoms with Crippen LogP contribution in [-0.4, -0.2) is 37.1 Å². The van der Waals surface area contributed by atoms with Gasteiger partial charge in [-0.05, 0) is 45.8 Å². The van der Waals surface area contributed by atoms with Gasteiger partial charge in [0, 0.05) is 12.1 Å². The summed E-state index contributed by atoms with van der Waals surface area (Å²) in [4.78, 5) is 2.72. The smallest absolute Gasteiger partial charge is 0.0249 e. The molecule has 1 saturated heterocycles. The van der Waals surface area contributed by atoms with E-state index < -0.39 is 0 Å². The van der Waals surface area contributed by atoms with Crippen molar-refractivity contribution in [1.29, 1.82) is 0 Å². The van der Waals surface area contributed by atoms with Gasteiger partial charge in [0.25, 0.3) is 0 Å². The third-order valence-electron chi connectivity index (χ3n) is 3.71. The van der Waals surface area contributed by atoms with Gasteiger partial charge >= 0.3 is 0 Å². The van der Waals surface area contributed by atoms with Gasteiger partial charge in [-0.1, -0.05) is 12.8 Å². The third-order valence-corrected chi connectivity index (χ3v) is 3.71. The molecule has 2 atom stereocenters. The van der Waals surface area contributed by atoms with Crippen molar-refractivity contribution in [2.45, 2.75) is 50.6 Å². The molecule has 2 aliphatic rings. The molecule has 0 aromatic rings. The molecule has 13 heavy (non-hydrogen) atoms. The Labute approximate surface area is 81.7 Å². The first-order chi connectivity index (χ1) is 6.42. The maximum absolute atomic E-state index is 3.47. The predicted octanol–water partition coefficient (Wildman–Crippen LogP) is 1.61. The summed E-state index contributed by atoms with van der Waals surface area (Å²) in [6.45, 7) is 2.70. The average molecular weight is 182 g/mol. The Bertz CT molecular complexity index is 152. The van der Waals surface area contributed by atoms with Gasteiger partial charge in [0.05, 0.1) is 0 Å². The second-order valence-corrected chi connectivity index (χ2v) is 4.49. The maximum atomic E-state index is 3.47. The minimum Gasteiger partial charge on any atom is -0.315 e. The van der Waals surface area contributed by atoms with E-state index in [0.29, 0.717) is 0 Å². The Balaban J connectivity index is 1.90. The lowest BCUT2D eigenvalue weighted by atomic mass is 10.1. The minimum atomic E-state index is 0.776. The van der Waals surface area contributed by atoms with Crippen LogP contribution in [0.25, 0.3) is 0 Å². The standard InChI is InChI=1S/C11H22N2/c1-12-10-6-5-7-11(10)13-8-3-2-4-9-13/h10-12H,2-9H2,1H3/t10-,11-/m1/s1.